The van der Waals surface area contributed by atoms with Crippen LogP contribution in [0.5, 0.6) is 0 Å². The number of halogens is 1. The lowest BCUT2D eigenvalue weighted by Crippen LogP contribution is -1.96. The number of hydrogen-bond donors (Lipinski definition) is 0. The van der Waals surface area contributed by atoms with E-state index < -0.39 is 5.24 Å². The zero-order chi connectivity index (χ0) is 11.1. The van der Waals surface area contributed by atoms with Crippen molar-refractivity contribution in [3.63, 3.8) is 0 Å². The summed E-state index contributed by atoms with van der Waals surface area (Å²) in [5.74, 6) is 0.0479. The van der Waals surface area contributed by atoms with Crippen LogP contribution in [0.3, 0.4) is 0 Å². The smallest absolute Gasteiger partial charge is 0.252 e. The van der Waals surface area contributed by atoms with Crippen molar-refractivity contribution in [3.05, 3.63) is 36.0 Å². The third-order valence-electron chi connectivity index (χ3n) is 1.72. The topological polar surface area (TPSA) is 34.1 Å². The average Bonchev–Trinajstić information content (AvgIpc) is 2.16. The van der Waals surface area contributed by atoms with E-state index in [4.69, 9.17) is 11.6 Å². The van der Waals surface area contributed by atoms with Crippen LogP contribution < -0.4 is 0 Å². The molecule has 0 bridgehead atoms. The Morgan fingerprint density at radius 1 is 1.36 bits per heavy atom. The number of hydrogen-bond acceptors (Lipinski definition) is 2. The summed E-state index contributed by atoms with van der Waals surface area (Å²) in [6.07, 6.45) is 4.87. The number of rotatable bonds is 5. The van der Waals surface area contributed by atoms with E-state index >= 15 is 0 Å². The van der Waals surface area contributed by atoms with E-state index in [2.05, 4.69) is 6.58 Å². The molecule has 0 N–H and O–H groups in total. The maximum atomic E-state index is 11.1. The Hall–Kier alpha value is -1.15. The van der Waals surface area contributed by atoms with Gasteiger partial charge < -0.3 is 0 Å². The summed E-state index contributed by atoms with van der Waals surface area (Å²) in [7, 11) is 0. The zero-order valence-electron chi connectivity index (χ0n) is 8.34. The van der Waals surface area contributed by atoms with Crippen LogP contribution in [0.25, 0.3) is 0 Å². The molecule has 0 amide bonds. The second-order valence-electron chi connectivity index (χ2n) is 2.73. The molecular formula is C11H13ClO2. The Labute approximate surface area is 88.9 Å². The van der Waals surface area contributed by atoms with Crippen molar-refractivity contribution < 1.29 is 9.59 Å². The van der Waals surface area contributed by atoms with Gasteiger partial charge in [0.25, 0.3) is 5.24 Å². The lowest BCUT2D eigenvalue weighted by molar-refractivity contribution is -0.115. The minimum Gasteiger partial charge on any atom is -0.295 e. The fourth-order valence-electron chi connectivity index (χ4n) is 0.800. The molecule has 0 fully saturated rings. The molecule has 0 aliphatic heterocycles. The SMILES string of the molecule is C=C/C(=C\C=C(/C)C(=O)CC)C(=O)Cl. The standard InChI is InChI=1S/C11H13ClO2/c1-4-9(11(12)14)7-6-8(3)10(13)5-2/h4,6-7H,1,5H2,2-3H3/b8-6+,9-7+. The first-order valence-electron chi connectivity index (χ1n) is 4.27. The first kappa shape index (κ1) is 12.8. The van der Waals surface area contributed by atoms with Gasteiger partial charge in [-0.25, -0.2) is 0 Å². The molecule has 2 nitrogen and oxygen atoms in total. The van der Waals surface area contributed by atoms with Gasteiger partial charge in [0.15, 0.2) is 5.78 Å². The summed E-state index contributed by atoms with van der Waals surface area (Å²) in [6, 6.07) is 0. The molecule has 14 heavy (non-hydrogen) atoms. The van der Waals surface area contributed by atoms with Crippen molar-refractivity contribution in [2.75, 3.05) is 0 Å². The predicted molar refractivity (Wildman–Crippen MR) is 58.2 cm³/mol. The van der Waals surface area contributed by atoms with E-state index in [1.165, 1.54) is 12.2 Å². The van der Waals surface area contributed by atoms with Gasteiger partial charge in [0.05, 0.1) is 0 Å². The number of Topliss-reactive ketones (excluding diaryl/α,β-unsaturated/α-hetero) is 1. The Balaban J connectivity index is 4.74. The molecule has 0 spiro atoms. The first-order chi connectivity index (χ1) is 6.52. The van der Waals surface area contributed by atoms with Crippen molar-refractivity contribution in [2.45, 2.75) is 20.3 Å². The summed E-state index contributed by atoms with van der Waals surface area (Å²) in [5, 5.41) is -0.576. The average molecular weight is 213 g/mol. The molecule has 0 aliphatic rings. The van der Waals surface area contributed by atoms with Crippen LogP contribution in [0, 0.1) is 0 Å². The summed E-state index contributed by atoms with van der Waals surface area (Å²) < 4.78 is 0. The Morgan fingerprint density at radius 2 is 1.93 bits per heavy atom. The van der Waals surface area contributed by atoms with Crippen molar-refractivity contribution in [1.82, 2.24) is 0 Å². The summed E-state index contributed by atoms with van der Waals surface area (Å²) in [6.45, 7) is 6.92. The van der Waals surface area contributed by atoms with Crippen LogP contribution in [0.15, 0.2) is 36.0 Å². The Morgan fingerprint density at radius 3 is 2.29 bits per heavy atom. The van der Waals surface area contributed by atoms with Gasteiger partial charge in [-0.05, 0) is 30.2 Å². The van der Waals surface area contributed by atoms with Gasteiger partial charge in [0.2, 0.25) is 0 Å². The van der Waals surface area contributed by atoms with Crippen LogP contribution in [-0.2, 0) is 9.59 Å². The monoisotopic (exact) mass is 212 g/mol. The fourth-order valence-corrected chi connectivity index (χ4v) is 0.941. The van der Waals surface area contributed by atoms with Gasteiger partial charge in [-0.2, -0.15) is 0 Å². The highest BCUT2D eigenvalue weighted by atomic mass is 35.5. The minimum absolute atomic E-state index is 0.0479. The maximum Gasteiger partial charge on any atom is 0.252 e. The van der Waals surface area contributed by atoms with E-state index in [-0.39, 0.29) is 11.4 Å². The molecule has 0 aromatic heterocycles. The molecule has 0 unspecified atom stereocenters. The second kappa shape index (κ2) is 6.33. The van der Waals surface area contributed by atoms with E-state index in [0.717, 1.165) is 0 Å². The highest BCUT2D eigenvalue weighted by Crippen LogP contribution is 2.05. The summed E-state index contributed by atoms with van der Waals surface area (Å²) >= 11 is 5.25. The van der Waals surface area contributed by atoms with Crippen LogP contribution in [0.4, 0.5) is 0 Å². The van der Waals surface area contributed by atoms with Crippen LogP contribution in [0.2, 0.25) is 0 Å². The molecule has 0 radical (unpaired) electrons. The van der Waals surface area contributed by atoms with Gasteiger partial charge in [-0.1, -0.05) is 25.7 Å². The highest BCUT2D eigenvalue weighted by molar-refractivity contribution is 6.68. The molecule has 0 atom stereocenters. The molecule has 0 saturated heterocycles. The summed E-state index contributed by atoms with van der Waals surface area (Å²) in [5.41, 5.74) is 0.889. The molecule has 76 valence electrons. The third kappa shape index (κ3) is 4.19. The summed E-state index contributed by atoms with van der Waals surface area (Å²) in [4.78, 5) is 21.9. The Bertz CT molecular complexity index is 311. The predicted octanol–water partition coefficient (Wildman–Crippen LogP) is 2.79. The quantitative estimate of drug-likeness (QED) is 0.399. The second-order valence-corrected chi connectivity index (χ2v) is 3.07. The Kier molecular flexibility index (Phi) is 5.81. The molecule has 0 heterocycles. The molecule has 3 heteroatoms. The van der Waals surface area contributed by atoms with Crippen molar-refractivity contribution >= 4 is 22.6 Å². The normalized spacial score (nSPS) is 12.5. The van der Waals surface area contributed by atoms with Gasteiger partial charge in [-0.3, -0.25) is 9.59 Å². The van der Waals surface area contributed by atoms with Crippen LogP contribution >= 0.6 is 11.6 Å². The van der Waals surface area contributed by atoms with E-state index in [1.54, 1.807) is 19.9 Å². The van der Waals surface area contributed by atoms with Crippen molar-refractivity contribution in [1.29, 1.82) is 0 Å². The fraction of sp³-hybridized carbons (Fsp3) is 0.273. The molecule has 0 rings (SSSR count). The van der Waals surface area contributed by atoms with Crippen LogP contribution in [-0.4, -0.2) is 11.0 Å². The molecule has 0 aromatic carbocycles. The van der Waals surface area contributed by atoms with Gasteiger partial charge in [-0.15, -0.1) is 0 Å². The number of carbonyl (C=O) groups is 2. The van der Waals surface area contributed by atoms with Crippen molar-refractivity contribution in [2.24, 2.45) is 0 Å². The van der Waals surface area contributed by atoms with E-state index in [0.29, 0.717) is 12.0 Å². The van der Waals surface area contributed by atoms with Gasteiger partial charge in [0.1, 0.15) is 0 Å². The molecule has 0 aromatic rings. The number of ketones is 1. The maximum absolute atomic E-state index is 11.1. The van der Waals surface area contributed by atoms with Crippen LogP contribution in [0.1, 0.15) is 20.3 Å². The van der Waals surface area contributed by atoms with Crippen molar-refractivity contribution in [3.8, 4) is 0 Å². The largest absolute Gasteiger partial charge is 0.295 e. The number of carbonyl (C=O) groups excluding carboxylic acids is 2. The number of allylic oxidation sites excluding steroid dienone is 5. The first-order valence-corrected chi connectivity index (χ1v) is 4.64. The third-order valence-corrected chi connectivity index (χ3v) is 1.94. The molecule has 0 aliphatic carbocycles. The minimum atomic E-state index is -0.576. The lowest BCUT2D eigenvalue weighted by Gasteiger charge is -1.95. The molecular weight excluding hydrogens is 200 g/mol. The van der Waals surface area contributed by atoms with Gasteiger partial charge >= 0.3 is 0 Å². The zero-order valence-corrected chi connectivity index (χ0v) is 9.10. The highest BCUT2D eigenvalue weighted by Gasteiger charge is 2.01. The van der Waals surface area contributed by atoms with E-state index in [1.807, 2.05) is 0 Å². The molecule has 0 saturated carbocycles. The van der Waals surface area contributed by atoms with Gasteiger partial charge in [0, 0.05) is 12.0 Å². The lowest BCUT2D eigenvalue weighted by atomic mass is 10.1. The van der Waals surface area contributed by atoms with E-state index in [9.17, 15) is 9.59 Å².